The molecular formula is C20H22FNO4Se. The molecular weight excluding hydrogens is 416 g/mol. The molecule has 0 saturated heterocycles. The molecule has 0 heterocycles. The Morgan fingerprint density at radius 3 is 2.30 bits per heavy atom. The third-order valence-corrected chi connectivity index (χ3v) is 6.25. The zero-order valence-electron chi connectivity index (χ0n) is 15.0. The Balaban J connectivity index is 1.91. The van der Waals surface area contributed by atoms with E-state index in [1.54, 1.807) is 0 Å². The number of esters is 1. The van der Waals surface area contributed by atoms with Gasteiger partial charge in [-0.05, 0) is 0 Å². The van der Waals surface area contributed by atoms with E-state index in [1.165, 1.54) is 7.11 Å². The summed E-state index contributed by atoms with van der Waals surface area (Å²) < 4.78 is 24.4. The SMILES string of the molecule is COC(=O)[C@H](CC(CF)NC(=O)OCc1ccccc1)[Se]c1ccccc1. The standard InChI is InChI=1S/C20H22FNO4Se/c1-25-19(23)18(27-17-10-6-3-7-11-17)12-16(13-21)22-20(24)26-14-15-8-4-2-5-9-15/h2-11,16,18H,12-14H2,1H3,(H,22,24)/t16?,18-/m0/s1. The molecule has 0 aliphatic rings. The number of hydrogen-bond donors (Lipinski definition) is 1. The molecule has 0 aromatic heterocycles. The summed E-state index contributed by atoms with van der Waals surface area (Å²) in [5.74, 6) is -0.406. The minimum absolute atomic E-state index is 0.0973. The molecule has 1 unspecified atom stereocenters. The molecule has 1 amide bonds. The molecule has 0 saturated carbocycles. The molecule has 2 atom stereocenters. The number of amides is 1. The van der Waals surface area contributed by atoms with Gasteiger partial charge >= 0.3 is 164 Å². The summed E-state index contributed by atoms with van der Waals surface area (Å²) in [6.45, 7) is -0.696. The Bertz CT molecular complexity index is 714. The zero-order chi connectivity index (χ0) is 19.5. The van der Waals surface area contributed by atoms with E-state index in [0.717, 1.165) is 10.0 Å². The number of rotatable bonds is 9. The van der Waals surface area contributed by atoms with Crippen LogP contribution < -0.4 is 9.78 Å². The third kappa shape index (κ3) is 7.41. The first-order valence-corrected chi connectivity index (χ1v) is 10.3. The summed E-state index contributed by atoms with van der Waals surface area (Å²) in [4.78, 5) is 23.5. The number of carbonyl (C=O) groups excluding carboxylic acids is 2. The Kier molecular flexibility index (Phi) is 8.81. The normalized spacial score (nSPS) is 12.7. The average molecular weight is 438 g/mol. The first-order chi connectivity index (χ1) is 13.1. The number of ether oxygens (including phenoxy) is 2. The molecule has 2 aromatic carbocycles. The van der Waals surface area contributed by atoms with Crippen LogP contribution in [-0.2, 0) is 20.9 Å². The Morgan fingerprint density at radius 1 is 1.07 bits per heavy atom. The van der Waals surface area contributed by atoms with Crippen LogP contribution >= 0.6 is 0 Å². The number of alkyl halides is 1. The summed E-state index contributed by atoms with van der Waals surface area (Å²) in [6.07, 6.45) is -0.560. The van der Waals surface area contributed by atoms with Crippen LogP contribution in [0.1, 0.15) is 12.0 Å². The monoisotopic (exact) mass is 439 g/mol. The van der Waals surface area contributed by atoms with Gasteiger partial charge in [0.15, 0.2) is 0 Å². The summed E-state index contributed by atoms with van der Waals surface area (Å²) in [5, 5.41) is 2.50. The van der Waals surface area contributed by atoms with Crippen LogP contribution in [-0.4, -0.2) is 46.8 Å². The predicted octanol–water partition coefficient (Wildman–Crippen LogP) is 2.63. The van der Waals surface area contributed by atoms with E-state index in [2.05, 4.69) is 5.32 Å². The first kappa shape index (κ1) is 20.9. The van der Waals surface area contributed by atoms with Gasteiger partial charge in [0, 0.05) is 0 Å². The Morgan fingerprint density at radius 2 is 1.70 bits per heavy atom. The van der Waals surface area contributed by atoms with Crippen molar-refractivity contribution in [1.29, 1.82) is 0 Å². The first-order valence-electron chi connectivity index (χ1n) is 8.45. The van der Waals surface area contributed by atoms with E-state index in [4.69, 9.17) is 9.47 Å². The summed E-state index contributed by atoms with van der Waals surface area (Å²) in [7, 11) is 1.31. The van der Waals surface area contributed by atoms with Crippen molar-refractivity contribution in [3.05, 3.63) is 66.2 Å². The van der Waals surface area contributed by atoms with E-state index in [9.17, 15) is 14.0 Å². The second-order valence-electron chi connectivity index (χ2n) is 5.74. The van der Waals surface area contributed by atoms with Crippen molar-refractivity contribution in [2.24, 2.45) is 0 Å². The van der Waals surface area contributed by atoms with Gasteiger partial charge in [-0.25, -0.2) is 0 Å². The van der Waals surface area contributed by atoms with Crippen LogP contribution in [0.2, 0.25) is 4.82 Å². The van der Waals surface area contributed by atoms with Gasteiger partial charge in [0.2, 0.25) is 0 Å². The van der Waals surface area contributed by atoms with Gasteiger partial charge in [-0.3, -0.25) is 0 Å². The van der Waals surface area contributed by atoms with E-state index in [0.29, 0.717) is 0 Å². The fourth-order valence-corrected chi connectivity index (χ4v) is 4.78. The van der Waals surface area contributed by atoms with Crippen LogP contribution in [0.15, 0.2) is 60.7 Å². The molecule has 1 N–H and O–H groups in total. The van der Waals surface area contributed by atoms with Crippen molar-refractivity contribution in [3.8, 4) is 0 Å². The summed E-state index contributed by atoms with van der Waals surface area (Å²) in [6, 6.07) is 17.9. The van der Waals surface area contributed by atoms with Gasteiger partial charge in [-0.15, -0.1) is 0 Å². The molecule has 0 radical (unpaired) electrons. The van der Waals surface area contributed by atoms with Gasteiger partial charge in [0.25, 0.3) is 0 Å². The van der Waals surface area contributed by atoms with Gasteiger partial charge < -0.3 is 0 Å². The Labute approximate surface area is 164 Å². The Hall–Kier alpha value is -2.37. The van der Waals surface area contributed by atoms with Gasteiger partial charge in [-0.2, -0.15) is 0 Å². The molecule has 144 valence electrons. The summed E-state index contributed by atoms with van der Waals surface area (Å²) in [5.41, 5.74) is 0.837. The minimum atomic E-state index is -0.817. The van der Waals surface area contributed by atoms with Crippen LogP contribution in [0.3, 0.4) is 0 Å². The fourth-order valence-electron chi connectivity index (χ4n) is 2.34. The number of alkyl carbamates (subject to hydrolysis) is 1. The number of benzene rings is 2. The zero-order valence-corrected chi connectivity index (χ0v) is 16.7. The third-order valence-electron chi connectivity index (χ3n) is 3.71. The molecule has 2 rings (SSSR count). The molecule has 27 heavy (non-hydrogen) atoms. The number of nitrogens with one attached hydrogen (secondary N) is 1. The number of hydrogen-bond acceptors (Lipinski definition) is 4. The van der Waals surface area contributed by atoms with Crippen molar-refractivity contribution in [2.75, 3.05) is 13.8 Å². The second kappa shape index (κ2) is 11.4. The van der Waals surface area contributed by atoms with Crippen molar-refractivity contribution >= 4 is 31.5 Å². The maximum atomic E-state index is 13.4. The average Bonchev–Trinajstić information content (AvgIpc) is 2.72. The van der Waals surface area contributed by atoms with Crippen molar-refractivity contribution in [1.82, 2.24) is 5.32 Å². The number of carbonyl (C=O) groups is 2. The van der Waals surface area contributed by atoms with Gasteiger partial charge in [0.05, 0.1) is 0 Å². The van der Waals surface area contributed by atoms with Crippen LogP contribution in [0.5, 0.6) is 0 Å². The molecule has 5 nitrogen and oxygen atoms in total. The van der Waals surface area contributed by atoms with Crippen molar-refractivity contribution < 1.29 is 23.5 Å². The van der Waals surface area contributed by atoms with Crippen LogP contribution in [0.4, 0.5) is 9.18 Å². The molecule has 0 aliphatic heterocycles. The molecule has 0 fully saturated rings. The van der Waals surface area contributed by atoms with Crippen LogP contribution in [0, 0.1) is 0 Å². The molecule has 2 aromatic rings. The number of halogens is 1. The maximum absolute atomic E-state index is 13.4. The molecule has 0 bridgehead atoms. The van der Waals surface area contributed by atoms with Gasteiger partial charge in [0.1, 0.15) is 0 Å². The second-order valence-corrected chi connectivity index (χ2v) is 8.41. The molecule has 0 aliphatic carbocycles. The molecule has 0 spiro atoms. The fraction of sp³-hybridized carbons (Fsp3) is 0.300. The topological polar surface area (TPSA) is 64.6 Å². The van der Waals surface area contributed by atoms with E-state index in [-0.39, 0.29) is 28.0 Å². The summed E-state index contributed by atoms with van der Waals surface area (Å²) >= 11 is -0.239. The number of methoxy groups -OCH3 is 1. The van der Waals surface area contributed by atoms with Crippen molar-refractivity contribution in [3.63, 3.8) is 0 Å². The van der Waals surface area contributed by atoms with E-state index < -0.39 is 29.6 Å². The van der Waals surface area contributed by atoms with E-state index >= 15 is 0 Å². The quantitative estimate of drug-likeness (QED) is 0.483. The molecule has 7 heteroatoms. The van der Waals surface area contributed by atoms with Crippen molar-refractivity contribution in [2.45, 2.75) is 23.9 Å². The predicted molar refractivity (Wildman–Crippen MR) is 102 cm³/mol. The van der Waals surface area contributed by atoms with Gasteiger partial charge in [-0.1, -0.05) is 0 Å². The van der Waals surface area contributed by atoms with Crippen LogP contribution in [0.25, 0.3) is 0 Å². The van der Waals surface area contributed by atoms with E-state index in [1.807, 2.05) is 60.7 Å².